The summed E-state index contributed by atoms with van der Waals surface area (Å²) in [6.07, 6.45) is 5.82. The highest BCUT2D eigenvalue weighted by molar-refractivity contribution is 9.10. The zero-order valence-electron chi connectivity index (χ0n) is 32.5. The standard InChI is InChI=1S/C42H53BrN6O7/c1-4-42(29-18-33-36-25(17-27-30(43)11-10-13-31(27)47-36)21-49(33)39(54)28(29)22-56-40(42)55)20-26(50)19-41(15-8-5-9-16-41)23-46-37(52)32(12-6-7-14-34(44)51)48-38(53)35(45)24(2)3/h10-11,13,17-18,24,32,35H,4-9,12,14-16,19-23,45H2,1-3H3,(H2,44,51)(H,46,52)(H,48,53)/t32-,35-,42-/m0/s1. The first-order valence-electron chi connectivity index (χ1n) is 19.8. The molecule has 6 N–H and O–H groups in total. The number of nitrogens with zero attached hydrogens (tertiary/aromatic N) is 2. The minimum Gasteiger partial charge on any atom is -0.460 e. The van der Waals surface area contributed by atoms with Gasteiger partial charge < -0.3 is 31.4 Å². The predicted octanol–water partition coefficient (Wildman–Crippen LogP) is 4.82. The molecule has 0 radical (unpaired) electrons. The van der Waals surface area contributed by atoms with Gasteiger partial charge in [-0.15, -0.1) is 0 Å². The van der Waals surface area contributed by atoms with Crippen LogP contribution in [0, 0.1) is 11.3 Å². The van der Waals surface area contributed by atoms with Crippen LogP contribution >= 0.6 is 15.9 Å². The number of aromatic nitrogens is 2. The van der Waals surface area contributed by atoms with E-state index >= 15 is 0 Å². The number of unbranched alkanes of at least 4 members (excludes halogenated alkanes) is 1. The Balaban J connectivity index is 1.24. The molecule has 6 rings (SSSR count). The number of ether oxygens (including phenoxy) is 1. The minimum atomic E-state index is -1.36. The second kappa shape index (κ2) is 17.0. The average Bonchev–Trinajstić information content (AvgIpc) is 3.53. The van der Waals surface area contributed by atoms with Gasteiger partial charge in [0.2, 0.25) is 17.7 Å². The van der Waals surface area contributed by atoms with E-state index in [0.29, 0.717) is 61.2 Å². The normalized spacial score (nSPS) is 19.4. The van der Waals surface area contributed by atoms with E-state index < -0.39 is 40.7 Å². The lowest BCUT2D eigenvalue weighted by molar-refractivity contribution is -0.156. The number of carbonyl (C=O) groups is 5. The van der Waals surface area contributed by atoms with Crippen molar-refractivity contribution in [1.82, 2.24) is 20.2 Å². The maximum atomic E-state index is 14.4. The van der Waals surface area contributed by atoms with Crippen LogP contribution in [0.3, 0.4) is 0 Å². The number of nitrogens with one attached hydrogen (secondary N) is 2. The molecule has 0 spiro atoms. The van der Waals surface area contributed by atoms with Crippen molar-refractivity contribution in [3.8, 4) is 11.4 Å². The van der Waals surface area contributed by atoms with Gasteiger partial charge in [0.05, 0.1) is 35.1 Å². The Bertz CT molecular complexity index is 2110. The number of hydrogen-bond donors (Lipinski definition) is 4. The predicted molar refractivity (Wildman–Crippen MR) is 215 cm³/mol. The first-order valence-corrected chi connectivity index (χ1v) is 20.6. The number of ketones is 1. The van der Waals surface area contributed by atoms with Crippen molar-refractivity contribution in [2.45, 2.75) is 128 Å². The van der Waals surface area contributed by atoms with E-state index in [1.165, 1.54) is 0 Å². The Morgan fingerprint density at radius 3 is 2.48 bits per heavy atom. The molecule has 0 bridgehead atoms. The molecule has 3 aromatic rings. The van der Waals surface area contributed by atoms with Crippen LogP contribution < -0.4 is 27.7 Å². The zero-order valence-corrected chi connectivity index (χ0v) is 34.1. The number of carbonyl (C=O) groups excluding carboxylic acids is 5. The molecule has 1 aliphatic carbocycles. The van der Waals surface area contributed by atoms with Crippen LogP contribution in [0.25, 0.3) is 22.3 Å². The summed E-state index contributed by atoms with van der Waals surface area (Å²) in [5, 5.41) is 6.79. The first kappa shape index (κ1) is 41.2. The second-order valence-corrected chi connectivity index (χ2v) is 17.2. The monoisotopic (exact) mass is 832 g/mol. The van der Waals surface area contributed by atoms with E-state index in [1.807, 2.05) is 51.1 Å². The lowest BCUT2D eigenvalue weighted by Crippen LogP contribution is -2.54. The molecule has 4 heterocycles. The Hall–Kier alpha value is -4.43. The maximum absolute atomic E-state index is 14.4. The van der Waals surface area contributed by atoms with E-state index in [9.17, 15) is 28.8 Å². The van der Waals surface area contributed by atoms with Crippen LogP contribution in [0.1, 0.15) is 115 Å². The van der Waals surface area contributed by atoms with Gasteiger partial charge in [0.25, 0.3) is 5.56 Å². The topological polar surface area (TPSA) is 206 Å². The Kier molecular flexibility index (Phi) is 12.5. The van der Waals surface area contributed by atoms with Gasteiger partial charge in [-0.3, -0.25) is 28.8 Å². The second-order valence-electron chi connectivity index (χ2n) is 16.3. The molecule has 13 nitrogen and oxygen atoms in total. The summed E-state index contributed by atoms with van der Waals surface area (Å²) >= 11 is 3.61. The SMILES string of the molecule is CC[C@@]1(CC(=O)CC2(CNC(=O)[C@H](CCCCC(N)=O)NC(=O)[C@@H](N)C(C)C)CCCCC2)C(=O)OCc2c1cc1n(c2=O)Cc2cc3c(Br)cccc3nc2-1. The summed E-state index contributed by atoms with van der Waals surface area (Å²) in [6, 6.07) is 8.00. The third kappa shape index (κ3) is 8.32. The van der Waals surface area contributed by atoms with Gasteiger partial charge in [-0.05, 0) is 73.3 Å². The molecule has 3 atom stereocenters. The Labute approximate surface area is 335 Å². The fraction of sp³-hybridized carbons (Fsp3) is 0.548. The fourth-order valence-corrected chi connectivity index (χ4v) is 9.23. The number of esters is 1. The molecule has 3 aliphatic rings. The van der Waals surface area contributed by atoms with Crippen molar-refractivity contribution in [2.75, 3.05) is 6.54 Å². The van der Waals surface area contributed by atoms with Crippen LogP contribution in [0.2, 0.25) is 0 Å². The van der Waals surface area contributed by atoms with Gasteiger partial charge in [-0.25, -0.2) is 4.98 Å². The first-order chi connectivity index (χ1) is 26.7. The highest BCUT2D eigenvalue weighted by Crippen LogP contribution is 2.45. The van der Waals surface area contributed by atoms with Crippen LogP contribution in [0.15, 0.2) is 39.6 Å². The fourth-order valence-electron chi connectivity index (χ4n) is 8.76. The molecule has 3 amide bonds. The van der Waals surface area contributed by atoms with Crippen molar-refractivity contribution < 1.29 is 28.7 Å². The maximum Gasteiger partial charge on any atom is 0.317 e. The number of benzene rings is 1. The number of hydrogen-bond acceptors (Lipinski definition) is 9. The summed E-state index contributed by atoms with van der Waals surface area (Å²) in [6.45, 7) is 5.87. The highest BCUT2D eigenvalue weighted by atomic mass is 79.9. The van der Waals surface area contributed by atoms with Gasteiger partial charge in [0, 0.05) is 41.2 Å². The largest absolute Gasteiger partial charge is 0.460 e. The van der Waals surface area contributed by atoms with Crippen LogP contribution in [-0.4, -0.2) is 57.7 Å². The Morgan fingerprint density at radius 1 is 1.04 bits per heavy atom. The van der Waals surface area contributed by atoms with Gasteiger partial charge in [0.15, 0.2) is 0 Å². The lowest BCUT2D eigenvalue weighted by atomic mass is 9.66. The third-order valence-electron chi connectivity index (χ3n) is 12.2. The van der Waals surface area contributed by atoms with Gasteiger partial charge in [-0.1, -0.05) is 68.5 Å². The number of cyclic esters (lactones) is 1. The van der Waals surface area contributed by atoms with Crippen LogP contribution in [0.5, 0.6) is 0 Å². The lowest BCUT2D eigenvalue weighted by Gasteiger charge is -2.40. The van der Waals surface area contributed by atoms with Crippen molar-refractivity contribution >= 4 is 56.3 Å². The van der Waals surface area contributed by atoms with Gasteiger partial charge in [-0.2, -0.15) is 0 Å². The number of Topliss-reactive ketones (excluding diaryl/α,β-unsaturated/α-hetero) is 1. The molecule has 2 aromatic heterocycles. The summed E-state index contributed by atoms with van der Waals surface area (Å²) in [5.41, 5.74) is 13.1. The Morgan fingerprint density at radius 2 is 1.79 bits per heavy atom. The molecule has 1 fully saturated rings. The van der Waals surface area contributed by atoms with E-state index in [4.69, 9.17) is 21.2 Å². The number of nitrogens with two attached hydrogens (primary N) is 2. The third-order valence-corrected chi connectivity index (χ3v) is 12.8. The number of pyridine rings is 2. The molecule has 2 aliphatic heterocycles. The van der Waals surface area contributed by atoms with Crippen LogP contribution in [0.4, 0.5) is 0 Å². The molecule has 0 unspecified atom stereocenters. The van der Waals surface area contributed by atoms with Gasteiger partial charge >= 0.3 is 5.97 Å². The summed E-state index contributed by atoms with van der Waals surface area (Å²) in [5.74, 6) is -2.07. The van der Waals surface area contributed by atoms with E-state index in [0.717, 1.165) is 40.2 Å². The molecule has 1 saturated carbocycles. The molecule has 0 saturated heterocycles. The average molecular weight is 834 g/mol. The minimum absolute atomic E-state index is 0.126. The van der Waals surface area contributed by atoms with Crippen molar-refractivity contribution in [2.24, 2.45) is 22.8 Å². The number of primary amides is 1. The van der Waals surface area contributed by atoms with Gasteiger partial charge in [0.1, 0.15) is 23.8 Å². The van der Waals surface area contributed by atoms with Crippen LogP contribution in [-0.2, 0) is 47.3 Å². The van der Waals surface area contributed by atoms with Crippen molar-refractivity contribution in [3.05, 3.63) is 61.8 Å². The number of fused-ring (bicyclic) bond motifs is 5. The van der Waals surface area contributed by atoms with E-state index in [1.54, 1.807) is 4.57 Å². The number of halogens is 1. The van der Waals surface area contributed by atoms with E-state index in [-0.39, 0.29) is 62.0 Å². The van der Waals surface area contributed by atoms with Crippen molar-refractivity contribution in [1.29, 1.82) is 0 Å². The van der Waals surface area contributed by atoms with Crippen molar-refractivity contribution in [3.63, 3.8) is 0 Å². The zero-order chi connectivity index (χ0) is 40.4. The summed E-state index contributed by atoms with van der Waals surface area (Å²) < 4.78 is 8.27. The molecule has 300 valence electrons. The van der Waals surface area contributed by atoms with E-state index in [2.05, 4.69) is 26.6 Å². The summed E-state index contributed by atoms with van der Waals surface area (Å²) in [4.78, 5) is 85.2. The number of rotatable bonds is 16. The highest BCUT2D eigenvalue weighted by Gasteiger charge is 2.49. The molecule has 14 heteroatoms. The molecule has 56 heavy (non-hydrogen) atoms. The number of amides is 3. The quantitative estimate of drug-likeness (QED) is 0.0901. The molecule has 1 aromatic carbocycles. The smallest absolute Gasteiger partial charge is 0.317 e. The molecular weight excluding hydrogens is 780 g/mol. The molecular formula is C42H53BrN6O7. The summed E-state index contributed by atoms with van der Waals surface area (Å²) in [7, 11) is 0.